The standard InChI is InChI=1S/C22H34O3Si/c1-21-11-10-15(25-26(3,4)5)12-14(21)6-7-16-17-8-9-19(24)22(17,2)13-18(23)20(16)21/h6,15-17,20H,7-13H2,1-5H3/t15-,16-,17-,20+,21-,22-/m0/s1. The quantitative estimate of drug-likeness (QED) is 0.509. The number of rotatable bonds is 2. The van der Waals surface area contributed by atoms with E-state index in [1.54, 1.807) is 0 Å². The van der Waals surface area contributed by atoms with Gasteiger partial charge in [0.2, 0.25) is 0 Å². The smallest absolute Gasteiger partial charge is 0.184 e. The largest absolute Gasteiger partial charge is 0.414 e. The second kappa shape index (κ2) is 5.87. The van der Waals surface area contributed by atoms with Gasteiger partial charge in [0.05, 0.1) is 0 Å². The predicted molar refractivity (Wildman–Crippen MR) is 105 cm³/mol. The molecule has 0 aromatic rings. The van der Waals surface area contributed by atoms with Crippen molar-refractivity contribution in [3.05, 3.63) is 11.6 Å². The molecule has 0 N–H and O–H groups in total. The van der Waals surface area contributed by atoms with Crippen LogP contribution in [0.25, 0.3) is 0 Å². The van der Waals surface area contributed by atoms with Crippen molar-refractivity contribution >= 4 is 19.9 Å². The molecule has 3 nitrogen and oxygen atoms in total. The summed E-state index contributed by atoms with van der Waals surface area (Å²) in [7, 11) is -1.54. The van der Waals surface area contributed by atoms with E-state index in [4.69, 9.17) is 4.43 Å². The van der Waals surface area contributed by atoms with Gasteiger partial charge in [-0.1, -0.05) is 25.5 Å². The van der Waals surface area contributed by atoms with Crippen LogP contribution in [0.3, 0.4) is 0 Å². The molecule has 0 amide bonds. The van der Waals surface area contributed by atoms with E-state index < -0.39 is 8.32 Å². The average Bonchev–Trinajstić information content (AvgIpc) is 2.81. The Labute approximate surface area is 159 Å². The van der Waals surface area contributed by atoms with Crippen LogP contribution >= 0.6 is 0 Å². The summed E-state index contributed by atoms with van der Waals surface area (Å²) in [4.78, 5) is 25.8. The Kier molecular flexibility index (Phi) is 4.21. The second-order valence-electron chi connectivity index (χ2n) is 10.7. The maximum absolute atomic E-state index is 13.3. The lowest BCUT2D eigenvalue weighted by molar-refractivity contribution is -0.148. The molecule has 144 valence electrons. The summed E-state index contributed by atoms with van der Waals surface area (Å²) in [5.41, 5.74) is 1.08. The molecule has 4 aliphatic rings. The Bertz CT molecular complexity index is 675. The molecule has 3 fully saturated rings. The normalized spacial score (nSPS) is 45.7. The highest BCUT2D eigenvalue weighted by atomic mass is 28.4. The summed E-state index contributed by atoms with van der Waals surface area (Å²) in [5, 5.41) is 0. The molecule has 3 saturated carbocycles. The van der Waals surface area contributed by atoms with Crippen LogP contribution in [-0.2, 0) is 14.0 Å². The molecular formula is C22H34O3Si. The van der Waals surface area contributed by atoms with Crippen LogP contribution in [0.15, 0.2) is 11.6 Å². The molecule has 0 heterocycles. The highest BCUT2D eigenvalue weighted by Gasteiger charge is 2.61. The molecule has 0 unspecified atom stereocenters. The fourth-order valence-electron chi connectivity index (χ4n) is 6.84. The molecule has 0 saturated heterocycles. The highest BCUT2D eigenvalue weighted by molar-refractivity contribution is 6.69. The van der Waals surface area contributed by atoms with E-state index in [2.05, 4.69) is 39.6 Å². The van der Waals surface area contributed by atoms with Crippen LogP contribution in [0.5, 0.6) is 0 Å². The first-order valence-electron chi connectivity index (χ1n) is 10.5. The lowest BCUT2D eigenvalue weighted by atomic mass is 9.47. The van der Waals surface area contributed by atoms with Crippen molar-refractivity contribution in [2.45, 2.75) is 84.5 Å². The monoisotopic (exact) mass is 374 g/mol. The number of carbonyl (C=O) groups is 2. The molecule has 4 heteroatoms. The van der Waals surface area contributed by atoms with Crippen molar-refractivity contribution in [1.29, 1.82) is 0 Å². The first-order valence-corrected chi connectivity index (χ1v) is 13.9. The van der Waals surface area contributed by atoms with Gasteiger partial charge in [0, 0.05) is 30.3 Å². The average molecular weight is 375 g/mol. The number of allylic oxidation sites excluding steroid dienone is 1. The molecule has 6 atom stereocenters. The van der Waals surface area contributed by atoms with Gasteiger partial charge in [-0.25, -0.2) is 0 Å². The maximum Gasteiger partial charge on any atom is 0.184 e. The molecule has 0 aromatic carbocycles. The molecule has 0 radical (unpaired) electrons. The molecule has 0 aromatic heterocycles. The Morgan fingerprint density at radius 3 is 2.54 bits per heavy atom. The van der Waals surface area contributed by atoms with E-state index in [-0.39, 0.29) is 16.7 Å². The number of ketones is 2. The summed E-state index contributed by atoms with van der Waals surface area (Å²) in [5.74, 6) is 1.60. The molecule has 0 spiro atoms. The minimum atomic E-state index is -1.54. The van der Waals surface area contributed by atoms with Gasteiger partial charge in [-0.3, -0.25) is 9.59 Å². The molecule has 4 rings (SSSR count). The first-order chi connectivity index (χ1) is 12.0. The first kappa shape index (κ1) is 18.6. The minimum absolute atomic E-state index is 0.00767. The van der Waals surface area contributed by atoms with E-state index >= 15 is 0 Å². The minimum Gasteiger partial charge on any atom is -0.414 e. The zero-order valence-electron chi connectivity index (χ0n) is 17.1. The topological polar surface area (TPSA) is 43.4 Å². The van der Waals surface area contributed by atoms with Crippen molar-refractivity contribution in [2.75, 3.05) is 0 Å². The lowest BCUT2D eigenvalue weighted by Crippen LogP contribution is -2.55. The van der Waals surface area contributed by atoms with Crippen LogP contribution in [0.1, 0.15) is 58.8 Å². The van der Waals surface area contributed by atoms with Gasteiger partial charge in [-0.05, 0) is 69.0 Å². The lowest BCUT2D eigenvalue weighted by Gasteiger charge is -2.56. The van der Waals surface area contributed by atoms with Crippen LogP contribution in [0.4, 0.5) is 0 Å². The van der Waals surface area contributed by atoms with Crippen LogP contribution in [-0.4, -0.2) is 26.0 Å². The summed E-state index contributed by atoms with van der Waals surface area (Å²) in [6.07, 6.45) is 9.01. The van der Waals surface area contributed by atoms with Crippen molar-refractivity contribution in [1.82, 2.24) is 0 Å². The summed E-state index contributed by atoms with van der Waals surface area (Å²) in [6, 6.07) is 0. The van der Waals surface area contributed by atoms with Crippen LogP contribution < -0.4 is 0 Å². The molecule has 0 bridgehead atoms. The fraction of sp³-hybridized carbons (Fsp3) is 0.818. The second-order valence-corrected chi connectivity index (χ2v) is 15.2. The maximum atomic E-state index is 13.3. The van der Waals surface area contributed by atoms with Crippen LogP contribution in [0, 0.1) is 28.6 Å². The van der Waals surface area contributed by atoms with Gasteiger partial charge < -0.3 is 4.43 Å². The Balaban J connectivity index is 1.63. The number of carbonyl (C=O) groups excluding carboxylic acids is 2. The Hall–Kier alpha value is -0.743. The predicted octanol–water partition coefficient (Wildman–Crippen LogP) is 4.92. The zero-order chi connectivity index (χ0) is 18.9. The molecular weight excluding hydrogens is 340 g/mol. The number of Topliss-reactive ketones (excluding diaryl/α,β-unsaturated/α-hetero) is 2. The molecule has 26 heavy (non-hydrogen) atoms. The summed E-state index contributed by atoms with van der Waals surface area (Å²) in [6.45, 7) is 11.2. The van der Waals surface area contributed by atoms with Crippen molar-refractivity contribution < 1.29 is 14.0 Å². The fourth-order valence-corrected chi connectivity index (χ4v) is 8.04. The Morgan fingerprint density at radius 1 is 1.12 bits per heavy atom. The van der Waals surface area contributed by atoms with Crippen molar-refractivity contribution in [3.8, 4) is 0 Å². The van der Waals surface area contributed by atoms with E-state index in [0.29, 0.717) is 42.3 Å². The van der Waals surface area contributed by atoms with E-state index in [1.165, 1.54) is 5.57 Å². The van der Waals surface area contributed by atoms with Crippen LogP contribution in [0.2, 0.25) is 19.6 Å². The third-order valence-corrected chi connectivity index (χ3v) is 9.02. The van der Waals surface area contributed by atoms with E-state index in [0.717, 1.165) is 32.1 Å². The van der Waals surface area contributed by atoms with E-state index in [1.807, 2.05) is 0 Å². The third kappa shape index (κ3) is 2.71. The Morgan fingerprint density at radius 2 is 1.85 bits per heavy atom. The van der Waals surface area contributed by atoms with Gasteiger partial charge in [0.1, 0.15) is 11.6 Å². The van der Waals surface area contributed by atoms with Gasteiger partial charge >= 0.3 is 0 Å². The number of hydrogen-bond acceptors (Lipinski definition) is 3. The van der Waals surface area contributed by atoms with Crippen molar-refractivity contribution in [2.24, 2.45) is 28.6 Å². The molecule has 4 aliphatic carbocycles. The number of fused-ring (bicyclic) bond motifs is 5. The van der Waals surface area contributed by atoms with Gasteiger partial charge in [0.15, 0.2) is 8.32 Å². The zero-order valence-corrected chi connectivity index (χ0v) is 18.1. The van der Waals surface area contributed by atoms with Gasteiger partial charge in [-0.2, -0.15) is 0 Å². The summed E-state index contributed by atoms with van der Waals surface area (Å²) >= 11 is 0. The van der Waals surface area contributed by atoms with E-state index in [9.17, 15) is 9.59 Å². The third-order valence-electron chi connectivity index (χ3n) is 7.98. The molecule has 0 aliphatic heterocycles. The number of hydrogen-bond donors (Lipinski definition) is 0. The highest BCUT2D eigenvalue weighted by Crippen LogP contribution is 2.63. The van der Waals surface area contributed by atoms with Gasteiger partial charge in [-0.15, -0.1) is 0 Å². The van der Waals surface area contributed by atoms with Crippen molar-refractivity contribution in [3.63, 3.8) is 0 Å². The summed E-state index contributed by atoms with van der Waals surface area (Å²) < 4.78 is 6.40. The SMILES string of the molecule is C[C@]12CC[C@H](O[Si](C)(C)C)CC1=CC[C@@H]1[C@@H]2C(=O)C[C@]2(C)C(=O)CC[C@@H]12. The van der Waals surface area contributed by atoms with Gasteiger partial charge in [0.25, 0.3) is 0 Å².